The summed E-state index contributed by atoms with van der Waals surface area (Å²) in [7, 11) is -0.752. The standard InChI is InChI=1S/C11H16BN3O4/c1-10(2)11(3,4)19-12(18-10)7-5-14-6-8(9(7)13)15(16)17/h5-6H,1-4H3,(H2,13,14). The average molecular weight is 265 g/mol. The Hall–Kier alpha value is -1.67. The fourth-order valence-electron chi connectivity index (χ4n) is 1.78. The van der Waals surface area contributed by atoms with Gasteiger partial charge in [0.2, 0.25) is 0 Å². The van der Waals surface area contributed by atoms with Crippen LogP contribution < -0.4 is 11.2 Å². The van der Waals surface area contributed by atoms with Crippen LogP contribution in [0.4, 0.5) is 11.4 Å². The van der Waals surface area contributed by atoms with Crippen molar-refractivity contribution < 1.29 is 14.2 Å². The van der Waals surface area contributed by atoms with Crippen LogP contribution in [0.2, 0.25) is 0 Å². The Bertz CT molecular complexity index is 517. The monoisotopic (exact) mass is 265 g/mol. The summed E-state index contributed by atoms with van der Waals surface area (Å²) in [6.07, 6.45) is 2.55. The van der Waals surface area contributed by atoms with Gasteiger partial charge < -0.3 is 15.0 Å². The number of aromatic nitrogens is 1. The van der Waals surface area contributed by atoms with Crippen molar-refractivity contribution in [2.45, 2.75) is 38.9 Å². The van der Waals surface area contributed by atoms with Crippen molar-refractivity contribution in [2.24, 2.45) is 0 Å². The van der Waals surface area contributed by atoms with Crippen LogP contribution in [0.15, 0.2) is 12.4 Å². The Morgan fingerprint density at radius 1 is 1.26 bits per heavy atom. The summed E-state index contributed by atoms with van der Waals surface area (Å²) in [5.74, 6) is 0. The maximum Gasteiger partial charge on any atom is 0.498 e. The molecule has 0 bridgehead atoms. The normalized spacial score (nSPS) is 20.5. The molecular formula is C11H16BN3O4. The lowest BCUT2D eigenvalue weighted by molar-refractivity contribution is -0.384. The SMILES string of the molecule is CC1(C)OB(c2cncc([N+](=O)[O-])c2N)OC1(C)C. The van der Waals surface area contributed by atoms with Crippen LogP contribution in [0.3, 0.4) is 0 Å². The molecule has 0 amide bonds. The highest BCUT2D eigenvalue weighted by Crippen LogP contribution is 2.37. The van der Waals surface area contributed by atoms with Crippen LogP contribution in [-0.2, 0) is 9.31 Å². The van der Waals surface area contributed by atoms with Gasteiger partial charge in [-0.25, -0.2) is 0 Å². The van der Waals surface area contributed by atoms with Gasteiger partial charge in [0, 0.05) is 11.7 Å². The molecule has 1 aromatic rings. The maximum absolute atomic E-state index is 10.8. The van der Waals surface area contributed by atoms with Crippen molar-refractivity contribution >= 4 is 24.0 Å². The third kappa shape index (κ3) is 2.17. The Morgan fingerprint density at radius 2 is 1.79 bits per heavy atom. The molecule has 1 aromatic heterocycles. The fourth-order valence-corrected chi connectivity index (χ4v) is 1.78. The first-order chi connectivity index (χ1) is 8.66. The molecule has 0 aliphatic carbocycles. The summed E-state index contributed by atoms with van der Waals surface area (Å²) in [4.78, 5) is 14.1. The van der Waals surface area contributed by atoms with Crippen LogP contribution in [0.25, 0.3) is 0 Å². The van der Waals surface area contributed by atoms with E-state index in [4.69, 9.17) is 15.0 Å². The molecule has 0 unspecified atom stereocenters. The zero-order chi connectivity index (χ0) is 14.4. The van der Waals surface area contributed by atoms with Gasteiger partial charge in [-0.3, -0.25) is 15.1 Å². The van der Waals surface area contributed by atoms with Gasteiger partial charge in [-0.15, -0.1) is 0 Å². The van der Waals surface area contributed by atoms with Gasteiger partial charge in [-0.05, 0) is 27.7 Å². The number of hydrogen-bond acceptors (Lipinski definition) is 6. The third-order valence-electron chi connectivity index (χ3n) is 3.70. The van der Waals surface area contributed by atoms with Gasteiger partial charge in [-0.2, -0.15) is 0 Å². The lowest BCUT2D eigenvalue weighted by atomic mass is 9.79. The number of nitro groups is 1. The molecule has 2 heterocycles. The fraction of sp³-hybridized carbons (Fsp3) is 0.545. The summed E-state index contributed by atoms with van der Waals surface area (Å²) in [5, 5.41) is 10.8. The quantitative estimate of drug-likeness (QED) is 0.483. The first-order valence-corrected chi connectivity index (χ1v) is 5.89. The molecule has 0 radical (unpaired) electrons. The van der Waals surface area contributed by atoms with Crippen LogP contribution >= 0.6 is 0 Å². The predicted octanol–water partition coefficient (Wildman–Crippen LogP) is 0.871. The number of pyridine rings is 1. The predicted molar refractivity (Wildman–Crippen MR) is 71.0 cm³/mol. The van der Waals surface area contributed by atoms with E-state index in [2.05, 4.69) is 4.98 Å². The van der Waals surface area contributed by atoms with Crippen molar-refractivity contribution in [1.29, 1.82) is 0 Å². The van der Waals surface area contributed by atoms with E-state index >= 15 is 0 Å². The summed E-state index contributed by atoms with van der Waals surface area (Å²) in [5.41, 5.74) is 4.90. The van der Waals surface area contributed by atoms with E-state index in [0.29, 0.717) is 5.46 Å². The van der Waals surface area contributed by atoms with Crippen molar-refractivity contribution in [1.82, 2.24) is 4.98 Å². The minimum Gasteiger partial charge on any atom is -0.399 e. The molecule has 8 heteroatoms. The number of anilines is 1. The molecule has 7 nitrogen and oxygen atoms in total. The van der Waals surface area contributed by atoms with E-state index in [9.17, 15) is 10.1 Å². The van der Waals surface area contributed by atoms with Crippen LogP contribution in [0.1, 0.15) is 27.7 Å². The largest absolute Gasteiger partial charge is 0.498 e. The van der Waals surface area contributed by atoms with Gasteiger partial charge in [-0.1, -0.05) is 0 Å². The van der Waals surface area contributed by atoms with E-state index in [1.54, 1.807) is 0 Å². The number of nitrogens with two attached hydrogens (primary N) is 1. The Balaban J connectivity index is 2.40. The minimum atomic E-state index is -0.752. The highest BCUT2D eigenvalue weighted by atomic mass is 16.7. The Kier molecular flexibility index (Phi) is 3.02. The number of rotatable bonds is 2. The van der Waals surface area contributed by atoms with E-state index in [-0.39, 0.29) is 11.4 Å². The van der Waals surface area contributed by atoms with E-state index in [0.717, 1.165) is 6.20 Å². The molecule has 2 rings (SSSR count). The molecule has 19 heavy (non-hydrogen) atoms. The van der Waals surface area contributed by atoms with Gasteiger partial charge in [0.25, 0.3) is 0 Å². The maximum atomic E-state index is 10.8. The molecule has 102 valence electrons. The minimum absolute atomic E-state index is 0.0264. The highest BCUT2D eigenvalue weighted by molar-refractivity contribution is 6.64. The summed E-state index contributed by atoms with van der Waals surface area (Å²) in [6.45, 7) is 7.59. The zero-order valence-corrected chi connectivity index (χ0v) is 11.3. The van der Waals surface area contributed by atoms with Crippen molar-refractivity contribution in [3.05, 3.63) is 22.5 Å². The third-order valence-corrected chi connectivity index (χ3v) is 3.70. The molecule has 1 aliphatic heterocycles. The molecule has 0 saturated carbocycles. The first kappa shape index (κ1) is 13.8. The molecule has 1 aliphatic rings. The highest BCUT2D eigenvalue weighted by Gasteiger charge is 2.52. The number of hydrogen-bond donors (Lipinski definition) is 1. The molecule has 2 N–H and O–H groups in total. The van der Waals surface area contributed by atoms with Crippen LogP contribution in [-0.4, -0.2) is 28.2 Å². The van der Waals surface area contributed by atoms with E-state index < -0.39 is 23.2 Å². The summed E-state index contributed by atoms with van der Waals surface area (Å²) >= 11 is 0. The first-order valence-electron chi connectivity index (χ1n) is 5.89. The zero-order valence-electron chi connectivity index (χ0n) is 11.3. The van der Waals surface area contributed by atoms with E-state index in [1.165, 1.54) is 6.20 Å². The topological polar surface area (TPSA) is 101 Å². The molecule has 1 fully saturated rings. The summed E-state index contributed by atoms with van der Waals surface area (Å²) in [6, 6.07) is 0. The second-order valence-electron chi connectivity index (χ2n) is 5.51. The van der Waals surface area contributed by atoms with Crippen molar-refractivity contribution in [3.8, 4) is 0 Å². The second-order valence-corrected chi connectivity index (χ2v) is 5.51. The van der Waals surface area contributed by atoms with Crippen LogP contribution in [0.5, 0.6) is 0 Å². The van der Waals surface area contributed by atoms with Crippen molar-refractivity contribution in [2.75, 3.05) is 5.73 Å². The lowest BCUT2D eigenvalue weighted by Crippen LogP contribution is -2.41. The smallest absolute Gasteiger partial charge is 0.399 e. The van der Waals surface area contributed by atoms with Crippen LogP contribution in [0, 0.1) is 10.1 Å². The molecule has 0 atom stereocenters. The number of nitrogens with zero attached hydrogens (tertiary/aromatic N) is 2. The second kappa shape index (κ2) is 4.17. The van der Waals surface area contributed by atoms with Gasteiger partial charge in [0.1, 0.15) is 11.9 Å². The Labute approximate surface area is 111 Å². The van der Waals surface area contributed by atoms with Crippen molar-refractivity contribution in [3.63, 3.8) is 0 Å². The number of nitrogen functional groups attached to an aromatic ring is 1. The molecule has 0 aromatic carbocycles. The Morgan fingerprint density at radius 3 is 2.26 bits per heavy atom. The van der Waals surface area contributed by atoms with Gasteiger partial charge in [0.05, 0.1) is 16.1 Å². The lowest BCUT2D eigenvalue weighted by Gasteiger charge is -2.32. The van der Waals surface area contributed by atoms with Gasteiger partial charge in [0.15, 0.2) is 0 Å². The molecular weight excluding hydrogens is 249 g/mol. The summed E-state index contributed by atoms with van der Waals surface area (Å²) < 4.78 is 11.6. The van der Waals surface area contributed by atoms with Gasteiger partial charge >= 0.3 is 12.8 Å². The molecule has 1 saturated heterocycles. The average Bonchev–Trinajstić information content (AvgIpc) is 2.47. The molecule has 0 spiro atoms. The van der Waals surface area contributed by atoms with E-state index in [1.807, 2.05) is 27.7 Å².